The first-order valence-corrected chi connectivity index (χ1v) is 21.3. The Morgan fingerprint density at radius 2 is 1.77 bits per heavy atom. The number of sulfonamides is 1. The van der Waals surface area contributed by atoms with Crippen molar-refractivity contribution in [1.82, 2.24) is 30.2 Å². The van der Waals surface area contributed by atoms with Crippen LogP contribution in [0.1, 0.15) is 98.1 Å². The number of cyclic esters (lactones) is 1. The summed E-state index contributed by atoms with van der Waals surface area (Å²) in [5.74, 6) is -3.68. The van der Waals surface area contributed by atoms with Gasteiger partial charge in [-0.15, -0.1) is 0 Å². The van der Waals surface area contributed by atoms with E-state index in [0.29, 0.717) is 48.2 Å². The molecule has 3 fully saturated rings. The average molecular weight is 821 g/mol. The molecular formula is C39H54F2N6O9S. The number of halogens is 2. The van der Waals surface area contributed by atoms with Crippen molar-refractivity contribution in [2.75, 3.05) is 13.7 Å². The van der Waals surface area contributed by atoms with Crippen LogP contribution in [0.2, 0.25) is 0 Å². The first-order valence-electron chi connectivity index (χ1n) is 19.8. The number of benzene rings is 1. The van der Waals surface area contributed by atoms with Crippen LogP contribution in [0.5, 0.6) is 11.6 Å². The van der Waals surface area contributed by atoms with E-state index in [1.165, 1.54) is 12.0 Å². The van der Waals surface area contributed by atoms with Crippen LogP contribution in [0.15, 0.2) is 18.2 Å². The van der Waals surface area contributed by atoms with Gasteiger partial charge in [0.25, 0.3) is 5.91 Å². The summed E-state index contributed by atoms with van der Waals surface area (Å²) in [6, 6.07) is 2.76. The van der Waals surface area contributed by atoms with Gasteiger partial charge in [-0.05, 0) is 75.3 Å². The van der Waals surface area contributed by atoms with Gasteiger partial charge in [-0.3, -0.25) is 19.1 Å². The number of rotatable bonds is 8. The van der Waals surface area contributed by atoms with Crippen molar-refractivity contribution in [3.8, 4) is 11.6 Å². The molecule has 2 aliphatic heterocycles. The standard InChI is InChI=1S/C39H54F2N6O9S/c1-21-11-9-7-8-10-12-27-34(43-28-18-24(54-6)13-16-26(28)42-27)56-29-20-47(35(49)32(38(3,4)5)44-37(51)55-21)31(22(29)2)33(48)45-39(19-23(39)17-30(40)41)36(50)46-57(52,53)25-14-15-25/h13,16,18,21-23,25,29-32H,7-12,14-15,17,19-20H2,1-6H3,(H,44,51)(H,45,48)(H,46,50)/t21-,22-,23-,29+,31+,32-,39-/m1/s1. The van der Waals surface area contributed by atoms with E-state index in [-0.39, 0.29) is 18.8 Å². The fourth-order valence-electron chi connectivity index (χ4n) is 7.87. The minimum atomic E-state index is -4.09. The van der Waals surface area contributed by atoms with E-state index < -0.39 is 99.0 Å². The largest absolute Gasteiger partial charge is 0.497 e. The lowest BCUT2D eigenvalue weighted by molar-refractivity contribution is -0.143. The first-order chi connectivity index (χ1) is 26.8. The predicted molar refractivity (Wildman–Crippen MR) is 204 cm³/mol. The third-order valence-electron chi connectivity index (χ3n) is 11.5. The number of methoxy groups -OCH3 is 1. The lowest BCUT2D eigenvalue weighted by atomic mass is 9.85. The quantitative estimate of drug-likeness (QED) is 0.342. The number of nitrogens with one attached hydrogen (secondary N) is 3. The van der Waals surface area contributed by atoms with Crippen molar-refractivity contribution in [3.05, 3.63) is 23.9 Å². The van der Waals surface area contributed by atoms with Crippen LogP contribution in [0.3, 0.4) is 0 Å². The van der Waals surface area contributed by atoms with Gasteiger partial charge in [0.2, 0.25) is 34.1 Å². The number of amides is 4. The number of ether oxygens (including phenoxy) is 3. The number of alkyl carbamates (subject to hydrolysis) is 1. The SMILES string of the molecule is COc1ccc2nc3c(nc2c1)O[C@H]1CN(C(=O)[C@H](C(C)(C)C)NC(=O)O[C@H](C)CCCCCC3)[C@H](C(=O)N[C@]2(C(=O)NS(=O)(=O)C3CC3)C[C@H]2CC(F)F)[C@@H]1C. The van der Waals surface area contributed by atoms with Crippen molar-refractivity contribution in [2.45, 2.75) is 140 Å². The zero-order valence-corrected chi connectivity index (χ0v) is 34.1. The van der Waals surface area contributed by atoms with Crippen molar-refractivity contribution >= 4 is 44.9 Å². The first kappa shape index (κ1) is 42.3. The van der Waals surface area contributed by atoms with E-state index >= 15 is 0 Å². The van der Waals surface area contributed by atoms with E-state index in [4.69, 9.17) is 24.2 Å². The number of hydrogen-bond donors (Lipinski definition) is 3. The monoisotopic (exact) mass is 820 g/mol. The van der Waals surface area contributed by atoms with Crippen LogP contribution in [-0.4, -0.2) is 102 Å². The molecule has 1 aromatic carbocycles. The predicted octanol–water partition coefficient (Wildman–Crippen LogP) is 4.41. The highest BCUT2D eigenvalue weighted by Gasteiger charge is 2.64. The van der Waals surface area contributed by atoms with Gasteiger partial charge in [0.05, 0.1) is 29.9 Å². The van der Waals surface area contributed by atoms with E-state index in [2.05, 4.69) is 10.6 Å². The topological polar surface area (TPSA) is 195 Å². The van der Waals surface area contributed by atoms with Crippen molar-refractivity contribution in [2.24, 2.45) is 17.3 Å². The number of hydrogen-bond acceptors (Lipinski definition) is 11. The number of carbonyl (C=O) groups excluding carboxylic acids is 4. The average Bonchev–Trinajstić information content (AvgIpc) is 4.06. The van der Waals surface area contributed by atoms with Gasteiger partial charge in [0.1, 0.15) is 41.3 Å². The second-order valence-electron chi connectivity index (χ2n) is 17.1. The molecule has 57 heavy (non-hydrogen) atoms. The molecule has 2 aliphatic carbocycles. The molecule has 3 N–H and O–H groups in total. The summed E-state index contributed by atoms with van der Waals surface area (Å²) in [7, 11) is -2.55. The Bertz CT molecular complexity index is 1980. The molecule has 1 saturated heterocycles. The summed E-state index contributed by atoms with van der Waals surface area (Å²) in [5, 5.41) is 4.57. The zero-order chi connectivity index (χ0) is 41.4. The lowest BCUT2D eigenvalue weighted by Crippen LogP contribution is -2.61. The summed E-state index contributed by atoms with van der Waals surface area (Å²) >= 11 is 0. The van der Waals surface area contributed by atoms with Crippen LogP contribution >= 0.6 is 0 Å². The van der Waals surface area contributed by atoms with Gasteiger partial charge in [-0.25, -0.2) is 32.0 Å². The molecule has 2 aromatic rings. The molecule has 0 spiro atoms. The molecule has 6 rings (SSSR count). The van der Waals surface area contributed by atoms with Crippen molar-refractivity contribution < 1.29 is 50.6 Å². The number of carbonyl (C=O) groups is 4. The maximum absolute atomic E-state index is 14.7. The molecular weight excluding hydrogens is 767 g/mol. The summed E-state index contributed by atoms with van der Waals surface area (Å²) in [6.45, 7) is 8.55. The van der Waals surface area contributed by atoms with Gasteiger partial charge in [-0.2, -0.15) is 0 Å². The van der Waals surface area contributed by atoms with Gasteiger partial charge < -0.3 is 29.7 Å². The number of alkyl halides is 2. The third-order valence-corrected chi connectivity index (χ3v) is 13.3. The summed E-state index contributed by atoms with van der Waals surface area (Å²) in [6.07, 6.45) is -0.791. The second-order valence-corrected chi connectivity index (χ2v) is 19.0. The Balaban J connectivity index is 1.38. The normalized spacial score (nSPS) is 29.0. The lowest BCUT2D eigenvalue weighted by Gasteiger charge is -2.36. The number of aryl methyl sites for hydroxylation is 1. The second kappa shape index (κ2) is 16.5. The molecule has 1 aromatic heterocycles. The summed E-state index contributed by atoms with van der Waals surface area (Å²) in [4.78, 5) is 67.2. The van der Waals surface area contributed by atoms with E-state index in [0.717, 1.165) is 25.7 Å². The summed E-state index contributed by atoms with van der Waals surface area (Å²) in [5.41, 5.74) is -1.13. The van der Waals surface area contributed by atoms with Crippen LogP contribution in [0, 0.1) is 17.3 Å². The van der Waals surface area contributed by atoms with Gasteiger partial charge in [-0.1, -0.05) is 40.5 Å². The highest BCUT2D eigenvalue weighted by Crippen LogP contribution is 2.48. The van der Waals surface area contributed by atoms with E-state index in [1.54, 1.807) is 52.8 Å². The molecule has 3 heterocycles. The fourth-order valence-corrected chi connectivity index (χ4v) is 9.24. The molecule has 4 aliphatic rings. The highest BCUT2D eigenvalue weighted by atomic mass is 32.2. The minimum Gasteiger partial charge on any atom is -0.497 e. The van der Waals surface area contributed by atoms with Crippen LogP contribution in [-0.2, 0) is 35.6 Å². The Hall–Kier alpha value is -4.35. The molecule has 0 unspecified atom stereocenters. The maximum Gasteiger partial charge on any atom is 0.408 e. The molecule has 314 valence electrons. The van der Waals surface area contributed by atoms with Gasteiger partial charge in [0.15, 0.2) is 0 Å². The summed E-state index contributed by atoms with van der Waals surface area (Å²) < 4.78 is 72.7. The third kappa shape index (κ3) is 9.52. The van der Waals surface area contributed by atoms with Crippen LogP contribution in [0.4, 0.5) is 13.6 Å². The smallest absolute Gasteiger partial charge is 0.408 e. The molecule has 18 heteroatoms. The van der Waals surface area contributed by atoms with Crippen molar-refractivity contribution in [3.63, 3.8) is 0 Å². The number of aromatic nitrogens is 2. The Morgan fingerprint density at radius 1 is 1.05 bits per heavy atom. The number of fused-ring (bicyclic) bond motifs is 4. The van der Waals surface area contributed by atoms with Crippen LogP contribution < -0.4 is 24.8 Å². The molecule has 2 saturated carbocycles. The maximum atomic E-state index is 14.7. The Kier molecular flexibility index (Phi) is 12.2. The molecule has 2 bridgehead atoms. The highest BCUT2D eigenvalue weighted by molar-refractivity contribution is 7.91. The Labute approximate surface area is 331 Å². The van der Waals surface area contributed by atoms with Crippen molar-refractivity contribution in [1.29, 1.82) is 0 Å². The Morgan fingerprint density at radius 3 is 2.44 bits per heavy atom. The zero-order valence-electron chi connectivity index (χ0n) is 33.3. The number of nitrogens with zero attached hydrogens (tertiary/aromatic N) is 3. The fraction of sp³-hybridized carbons (Fsp3) is 0.692. The molecule has 15 nitrogen and oxygen atoms in total. The van der Waals surface area contributed by atoms with Gasteiger partial charge in [0, 0.05) is 18.4 Å². The molecule has 0 radical (unpaired) electrons. The minimum absolute atomic E-state index is 0.162. The van der Waals surface area contributed by atoms with Crippen LogP contribution in [0.25, 0.3) is 11.0 Å². The molecule has 7 atom stereocenters. The van der Waals surface area contributed by atoms with E-state index in [9.17, 15) is 36.4 Å². The van der Waals surface area contributed by atoms with E-state index in [1.807, 2.05) is 4.72 Å². The van der Waals surface area contributed by atoms with Gasteiger partial charge >= 0.3 is 6.09 Å². The molecule has 4 amide bonds.